The Morgan fingerprint density at radius 3 is 2.91 bits per heavy atom. The summed E-state index contributed by atoms with van der Waals surface area (Å²) in [5.74, 6) is 2.42. The van der Waals surface area contributed by atoms with Crippen LogP contribution in [0.1, 0.15) is 41.4 Å². The average Bonchev–Trinajstić information content (AvgIpc) is 3.38. The van der Waals surface area contributed by atoms with Gasteiger partial charge < -0.3 is 9.64 Å². The van der Waals surface area contributed by atoms with Crippen LogP contribution in [-0.2, 0) is 20.5 Å². The molecule has 0 N–H and O–H groups in total. The molecule has 166 valence electrons. The van der Waals surface area contributed by atoms with Crippen LogP contribution in [0.4, 0.5) is 5.82 Å². The van der Waals surface area contributed by atoms with Gasteiger partial charge in [0.2, 0.25) is 5.88 Å². The molecule has 0 unspecified atom stereocenters. The summed E-state index contributed by atoms with van der Waals surface area (Å²) in [7, 11) is 3.77. The summed E-state index contributed by atoms with van der Waals surface area (Å²) >= 11 is 0. The number of hydrogen-bond acceptors (Lipinski definition) is 6. The Hall–Kier alpha value is -3.49. The number of carbonyl (C=O) groups is 1. The molecular formula is C23H27N7O2. The van der Waals surface area contributed by atoms with E-state index in [1.165, 1.54) is 0 Å². The van der Waals surface area contributed by atoms with E-state index in [9.17, 15) is 4.79 Å². The van der Waals surface area contributed by atoms with E-state index < -0.39 is 0 Å². The number of ether oxygens (including phenoxy) is 1. The number of aryl methyl sites for hydroxylation is 3. The van der Waals surface area contributed by atoms with Crippen LogP contribution in [-0.4, -0.2) is 49.4 Å². The Kier molecular flexibility index (Phi) is 5.03. The molecule has 2 bridgehead atoms. The molecule has 0 saturated heterocycles. The number of aliphatic imine (C=N–C) groups is 1. The highest BCUT2D eigenvalue weighted by Crippen LogP contribution is 2.32. The normalized spacial score (nSPS) is 18.8. The minimum absolute atomic E-state index is 0.278. The fourth-order valence-electron chi connectivity index (χ4n) is 4.45. The number of carbonyl (C=O) groups excluding carboxylic acids is 1. The number of anilines is 1. The summed E-state index contributed by atoms with van der Waals surface area (Å²) in [5.41, 5.74) is 3.78. The van der Waals surface area contributed by atoms with Crippen molar-refractivity contribution in [2.24, 2.45) is 25.0 Å². The van der Waals surface area contributed by atoms with Gasteiger partial charge in [-0.2, -0.15) is 15.2 Å². The summed E-state index contributed by atoms with van der Waals surface area (Å²) in [6.45, 7) is 5.43. The molecule has 0 aromatic carbocycles. The molecule has 0 radical (unpaired) electrons. The second-order valence-corrected chi connectivity index (χ2v) is 8.74. The smallest absolute Gasteiger partial charge is 0.278 e. The number of nitrogens with zero attached hydrogens (tertiary/aromatic N) is 7. The van der Waals surface area contributed by atoms with Crippen molar-refractivity contribution in [3.05, 3.63) is 41.3 Å². The fourth-order valence-corrected chi connectivity index (χ4v) is 4.45. The SMILES string of the molecule is Cc1cc2cc(n1)-c1cnn(C)c1OCCC[C@@H](C)CN1C(=NC2=O)Cc2cn(C)nc21. The van der Waals surface area contributed by atoms with E-state index in [0.717, 1.165) is 47.9 Å². The lowest BCUT2D eigenvalue weighted by atomic mass is 10.1. The molecule has 9 nitrogen and oxygen atoms in total. The quantitative estimate of drug-likeness (QED) is 0.541. The maximum Gasteiger partial charge on any atom is 0.278 e. The van der Waals surface area contributed by atoms with Crippen molar-refractivity contribution < 1.29 is 9.53 Å². The average molecular weight is 434 g/mol. The number of aromatic nitrogens is 5. The van der Waals surface area contributed by atoms with Crippen LogP contribution in [0.3, 0.4) is 0 Å². The lowest BCUT2D eigenvalue weighted by Gasteiger charge is -2.23. The van der Waals surface area contributed by atoms with E-state index in [1.807, 2.05) is 31.9 Å². The van der Waals surface area contributed by atoms with Crippen molar-refractivity contribution >= 4 is 17.6 Å². The minimum atomic E-state index is -0.278. The Morgan fingerprint density at radius 2 is 2.06 bits per heavy atom. The third-order valence-electron chi connectivity index (χ3n) is 5.96. The molecule has 5 rings (SSSR count). The van der Waals surface area contributed by atoms with E-state index in [-0.39, 0.29) is 5.91 Å². The third kappa shape index (κ3) is 3.68. The molecule has 0 spiro atoms. The molecule has 9 heteroatoms. The molecule has 0 fully saturated rings. The van der Waals surface area contributed by atoms with Crippen molar-refractivity contribution in [2.45, 2.75) is 33.1 Å². The predicted molar refractivity (Wildman–Crippen MR) is 121 cm³/mol. The van der Waals surface area contributed by atoms with Gasteiger partial charge >= 0.3 is 0 Å². The molecule has 32 heavy (non-hydrogen) atoms. The van der Waals surface area contributed by atoms with Crippen LogP contribution in [0.2, 0.25) is 0 Å². The van der Waals surface area contributed by atoms with Gasteiger partial charge in [-0.15, -0.1) is 0 Å². The number of hydrogen-bond donors (Lipinski definition) is 0. The molecule has 1 atom stereocenters. The van der Waals surface area contributed by atoms with E-state index in [4.69, 9.17) is 4.74 Å². The van der Waals surface area contributed by atoms with Crippen molar-refractivity contribution in [3.8, 4) is 17.1 Å². The largest absolute Gasteiger partial charge is 0.477 e. The van der Waals surface area contributed by atoms with E-state index in [1.54, 1.807) is 23.0 Å². The second-order valence-electron chi connectivity index (χ2n) is 8.74. The van der Waals surface area contributed by atoms with Crippen molar-refractivity contribution in [2.75, 3.05) is 18.1 Å². The van der Waals surface area contributed by atoms with E-state index in [0.29, 0.717) is 36.1 Å². The van der Waals surface area contributed by atoms with Gasteiger partial charge in [-0.05, 0) is 37.8 Å². The zero-order valence-electron chi connectivity index (χ0n) is 18.9. The van der Waals surface area contributed by atoms with Gasteiger partial charge in [-0.25, -0.2) is 4.68 Å². The Morgan fingerprint density at radius 1 is 1.22 bits per heavy atom. The fraction of sp³-hybridized carbons (Fsp3) is 0.435. The predicted octanol–water partition coefficient (Wildman–Crippen LogP) is 2.93. The van der Waals surface area contributed by atoms with E-state index >= 15 is 0 Å². The molecule has 0 saturated carbocycles. The van der Waals surface area contributed by atoms with Crippen LogP contribution in [0.5, 0.6) is 5.88 Å². The maximum absolute atomic E-state index is 13.2. The lowest BCUT2D eigenvalue weighted by Crippen LogP contribution is -2.33. The van der Waals surface area contributed by atoms with Gasteiger partial charge in [-0.3, -0.25) is 14.5 Å². The van der Waals surface area contributed by atoms with Crippen molar-refractivity contribution in [1.29, 1.82) is 0 Å². The van der Waals surface area contributed by atoms with Crippen LogP contribution >= 0.6 is 0 Å². The van der Waals surface area contributed by atoms with Gasteiger partial charge in [0.1, 0.15) is 5.84 Å². The van der Waals surface area contributed by atoms with Gasteiger partial charge in [0, 0.05) is 50.1 Å². The Balaban J connectivity index is 1.59. The van der Waals surface area contributed by atoms with Crippen LogP contribution in [0.15, 0.2) is 29.5 Å². The van der Waals surface area contributed by atoms with Crippen LogP contribution in [0, 0.1) is 12.8 Å². The summed E-state index contributed by atoms with van der Waals surface area (Å²) in [5, 5.41) is 8.98. The topological polar surface area (TPSA) is 90.4 Å². The molecule has 1 amide bonds. The molecule has 0 aliphatic carbocycles. The van der Waals surface area contributed by atoms with Crippen LogP contribution in [0.25, 0.3) is 11.3 Å². The first-order chi connectivity index (χ1) is 15.4. The highest BCUT2D eigenvalue weighted by molar-refractivity contribution is 6.12. The highest BCUT2D eigenvalue weighted by atomic mass is 16.5. The second kappa shape index (κ2) is 7.89. The van der Waals surface area contributed by atoms with Crippen LogP contribution < -0.4 is 9.64 Å². The highest BCUT2D eigenvalue weighted by Gasteiger charge is 2.31. The molecule has 3 aromatic heterocycles. The number of fused-ring (bicyclic) bond motifs is 7. The molecule has 3 aromatic rings. The monoisotopic (exact) mass is 433 g/mol. The van der Waals surface area contributed by atoms with Gasteiger partial charge in [0.25, 0.3) is 5.91 Å². The summed E-state index contributed by atoms with van der Waals surface area (Å²) in [4.78, 5) is 24.5. The summed E-state index contributed by atoms with van der Waals surface area (Å²) in [6, 6.07) is 3.55. The van der Waals surface area contributed by atoms with Gasteiger partial charge in [0.15, 0.2) is 5.82 Å². The van der Waals surface area contributed by atoms with E-state index in [2.05, 4.69) is 32.0 Å². The number of pyridine rings is 1. The first kappa shape index (κ1) is 20.4. The first-order valence-corrected chi connectivity index (χ1v) is 10.9. The Bertz CT molecular complexity index is 1220. The van der Waals surface area contributed by atoms with Crippen molar-refractivity contribution in [3.63, 3.8) is 0 Å². The number of amidine groups is 1. The summed E-state index contributed by atoms with van der Waals surface area (Å²) in [6.07, 6.45) is 6.24. The van der Waals surface area contributed by atoms with Crippen molar-refractivity contribution in [1.82, 2.24) is 24.5 Å². The Labute approximate surface area is 186 Å². The third-order valence-corrected chi connectivity index (χ3v) is 5.96. The number of amides is 1. The lowest BCUT2D eigenvalue weighted by molar-refractivity contribution is 0.100. The minimum Gasteiger partial charge on any atom is -0.477 e. The molecule has 2 aliphatic rings. The maximum atomic E-state index is 13.2. The zero-order valence-corrected chi connectivity index (χ0v) is 18.9. The zero-order chi connectivity index (χ0) is 22.4. The number of rotatable bonds is 0. The molecule has 5 heterocycles. The van der Waals surface area contributed by atoms with Gasteiger partial charge in [0.05, 0.1) is 24.1 Å². The molecular weight excluding hydrogens is 406 g/mol. The summed E-state index contributed by atoms with van der Waals surface area (Å²) < 4.78 is 9.64. The standard InChI is InChI=1S/C23H27N7O2/c1-14-6-5-7-32-23-18(11-24-29(23)4)19-9-16(8-15(2)25-19)22(31)26-20-10-17-13-28(3)27-21(17)30(20)12-14/h8-9,11,13-14H,5-7,10,12H2,1-4H3/t14-/m1/s1. The first-order valence-electron chi connectivity index (χ1n) is 10.9. The molecule has 2 aliphatic heterocycles. The van der Waals surface area contributed by atoms with Gasteiger partial charge in [-0.1, -0.05) is 6.92 Å².